The maximum absolute atomic E-state index is 12.8. The summed E-state index contributed by atoms with van der Waals surface area (Å²) >= 11 is 0. The average Bonchev–Trinajstić information content (AvgIpc) is 2.74. The predicted molar refractivity (Wildman–Crippen MR) is 86.9 cm³/mol. The summed E-state index contributed by atoms with van der Waals surface area (Å²) in [6.45, 7) is 4.60. The Morgan fingerprint density at radius 2 is 1.86 bits per heavy atom. The van der Waals surface area contributed by atoms with Crippen LogP contribution in [0.1, 0.15) is 62.6 Å². The van der Waals surface area contributed by atoms with Crippen molar-refractivity contribution in [2.45, 2.75) is 58.4 Å². The van der Waals surface area contributed by atoms with Gasteiger partial charge in [0.15, 0.2) is 0 Å². The summed E-state index contributed by atoms with van der Waals surface area (Å²) in [5.41, 5.74) is 8.04. The molecule has 0 spiro atoms. The standard InChI is InChI=1S/C18H28N2O/c1-14-9-5-6-10-16(14)15(2)20-17(21)18(13-19)11-7-3-4-8-12-18/h5-6,9-10,15H,3-4,7-8,11-13,19H2,1-2H3,(H,20,21)/t15-/m0/s1. The van der Waals surface area contributed by atoms with Gasteiger partial charge in [-0.2, -0.15) is 0 Å². The van der Waals surface area contributed by atoms with Gasteiger partial charge < -0.3 is 11.1 Å². The molecular weight excluding hydrogens is 260 g/mol. The Morgan fingerprint density at radius 3 is 2.43 bits per heavy atom. The van der Waals surface area contributed by atoms with E-state index in [4.69, 9.17) is 5.73 Å². The first-order valence-corrected chi connectivity index (χ1v) is 8.16. The average molecular weight is 288 g/mol. The highest BCUT2D eigenvalue weighted by atomic mass is 16.2. The van der Waals surface area contributed by atoms with E-state index in [1.807, 2.05) is 12.1 Å². The molecule has 0 unspecified atom stereocenters. The molecule has 116 valence electrons. The summed E-state index contributed by atoms with van der Waals surface area (Å²) in [5, 5.41) is 3.21. The highest BCUT2D eigenvalue weighted by Gasteiger charge is 2.37. The third kappa shape index (κ3) is 3.65. The number of hydrogen-bond donors (Lipinski definition) is 2. The van der Waals surface area contributed by atoms with Crippen molar-refractivity contribution in [2.24, 2.45) is 11.1 Å². The molecule has 0 heterocycles. The minimum atomic E-state index is -0.354. The molecular formula is C18H28N2O. The lowest BCUT2D eigenvalue weighted by atomic mass is 9.79. The van der Waals surface area contributed by atoms with Gasteiger partial charge in [-0.1, -0.05) is 49.9 Å². The molecule has 0 saturated heterocycles. The minimum Gasteiger partial charge on any atom is -0.349 e. The molecule has 1 aliphatic carbocycles. The molecule has 2 rings (SSSR count). The first-order chi connectivity index (χ1) is 10.1. The summed E-state index contributed by atoms with van der Waals surface area (Å²) in [5.74, 6) is 0.141. The lowest BCUT2D eigenvalue weighted by Crippen LogP contribution is -2.46. The monoisotopic (exact) mass is 288 g/mol. The van der Waals surface area contributed by atoms with Crippen molar-refractivity contribution in [3.63, 3.8) is 0 Å². The molecule has 0 bridgehead atoms. The van der Waals surface area contributed by atoms with Gasteiger partial charge in [0.05, 0.1) is 11.5 Å². The number of nitrogens with two attached hydrogens (primary N) is 1. The zero-order chi connectivity index (χ0) is 15.3. The van der Waals surface area contributed by atoms with Crippen LogP contribution in [0.15, 0.2) is 24.3 Å². The molecule has 1 fully saturated rings. The molecule has 3 heteroatoms. The molecule has 1 aromatic rings. The Labute approximate surface area is 128 Å². The number of aryl methyl sites for hydroxylation is 1. The van der Waals surface area contributed by atoms with Crippen molar-refractivity contribution >= 4 is 5.91 Å². The van der Waals surface area contributed by atoms with Crippen molar-refractivity contribution in [2.75, 3.05) is 6.54 Å². The van der Waals surface area contributed by atoms with Gasteiger partial charge >= 0.3 is 0 Å². The summed E-state index contributed by atoms with van der Waals surface area (Å²) in [4.78, 5) is 12.8. The van der Waals surface area contributed by atoms with Crippen LogP contribution in [0.2, 0.25) is 0 Å². The summed E-state index contributed by atoms with van der Waals surface area (Å²) in [6.07, 6.45) is 6.53. The van der Waals surface area contributed by atoms with Crippen LogP contribution in [-0.2, 0) is 4.79 Å². The molecule has 0 radical (unpaired) electrons. The Bertz CT molecular complexity index is 476. The van der Waals surface area contributed by atoms with Crippen molar-refractivity contribution in [3.05, 3.63) is 35.4 Å². The molecule has 1 atom stereocenters. The molecule has 3 N–H and O–H groups in total. The second-order valence-electron chi connectivity index (χ2n) is 6.45. The number of carbonyl (C=O) groups is 1. The maximum atomic E-state index is 12.8. The number of nitrogens with one attached hydrogen (secondary N) is 1. The Hall–Kier alpha value is -1.35. The second kappa shape index (κ2) is 7.08. The predicted octanol–water partition coefficient (Wildman–Crippen LogP) is 3.47. The van der Waals surface area contributed by atoms with Gasteiger partial charge in [-0.3, -0.25) is 4.79 Å². The van der Waals surface area contributed by atoms with Gasteiger partial charge in [0.2, 0.25) is 5.91 Å². The summed E-state index contributed by atoms with van der Waals surface area (Å²) in [6, 6.07) is 8.26. The van der Waals surface area contributed by atoms with E-state index in [2.05, 4.69) is 31.3 Å². The minimum absolute atomic E-state index is 0.0328. The largest absolute Gasteiger partial charge is 0.349 e. The van der Waals surface area contributed by atoms with Gasteiger partial charge in [0, 0.05) is 6.54 Å². The van der Waals surface area contributed by atoms with Crippen LogP contribution in [0.4, 0.5) is 0 Å². The Kier molecular flexibility index (Phi) is 5.40. The molecule has 21 heavy (non-hydrogen) atoms. The lowest BCUT2D eigenvalue weighted by Gasteiger charge is -2.31. The summed E-state index contributed by atoms with van der Waals surface area (Å²) < 4.78 is 0. The fourth-order valence-corrected chi connectivity index (χ4v) is 3.43. The molecule has 1 aliphatic rings. The number of benzene rings is 1. The normalized spacial score (nSPS) is 19.6. The molecule has 1 amide bonds. The first-order valence-electron chi connectivity index (χ1n) is 8.16. The van der Waals surface area contributed by atoms with Gasteiger partial charge in [0.1, 0.15) is 0 Å². The van der Waals surface area contributed by atoms with E-state index in [1.54, 1.807) is 0 Å². The van der Waals surface area contributed by atoms with Crippen molar-refractivity contribution in [3.8, 4) is 0 Å². The molecule has 3 nitrogen and oxygen atoms in total. The van der Waals surface area contributed by atoms with E-state index in [0.29, 0.717) is 6.54 Å². The zero-order valence-electron chi connectivity index (χ0n) is 13.3. The maximum Gasteiger partial charge on any atom is 0.227 e. The van der Waals surface area contributed by atoms with Crippen LogP contribution in [0.25, 0.3) is 0 Å². The Balaban J connectivity index is 2.10. The van der Waals surface area contributed by atoms with E-state index in [-0.39, 0.29) is 17.4 Å². The quantitative estimate of drug-likeness (QED) is 0.833. The lowest BCUT2D eigenvalue weighted by molar-refractivity contribution is -0.132. The van der Waals surface area contributed by atoms with Gasteiger partial charge in [-0.15, -0.1) is 0 Å². The van der Waals surface area contributed by atoms with Gasteiger partial charge in [0.25, 0.3) is 0 Å². The molecule has 1 aromatic carbocycles. The van der Waals surface area contributed by atoms with Gasteiger partial charge in [-0.25, -0.2) is 0 Å². The number of rotatable bonds is 4. The van der Waals surface area contributed by atoms with Crippen molar-refractivity contribution in [1.29, 1.82) is 0 Å². The zero-order valence-corrected chi connectivity index (χ0v) is 13.3. The van der Waals surface area contributed by atoms with Crippen LogP contribution in [-0.4, -0.2) is 12.5 Å². The topological polar surface area (TPSA) is 55.1 Å². The fourth-order valence-electron chi connectivity index (χ4n) is 3.43. The van der Waals surface area contributed by atoms with Crippen LogP contribution in [0, 0.1) is 12.3 Å². The third-order valence-corrected chi connectivity index (χ3v) is 4.94. The molecule has 0 aromatic heterocycles. The summed E-state index contributed by atoms with van der Waals surface area (Å²) in [7, 11) is 0. The van der Waals surface area contributed by atoms with E-state index < -0.39 is 0 Å². The number of hydrogen-bond acceptors (Lipinski definition) is 2. The second-order valence-corrected chi connectivity index (χ2v) is 6.45. The molecule has 1 saturated carbocycles. The van der Waals surface area contributed by atoms with Crippen molar-refractivity contribution in [1.82, 2.24) is 5.32 Å². The highest BCUT2D eigenvalue weighted by molar-refractivity contribution is 5.83. The fraction of sp³-hybridized carbons (Fsp3) is 0.611. The van der Waals surface area contributed by atoms with E-state index in [9.17, 15) is 4.79 Å². The van der Waals surface area contributed by atoms with Crippen molar-refractivity contribution < 1.29 is 4.79 Å². The van der Waals surface area contributed by atoms with E-state index in [0.717, 1.165) is 25.7 Å². The van der Waals surface area contributed by atoms with Crippen LogP contribution < -0.4 is 11.1 Å². The Morgan fingerprint density at radius 1 is 1.24 bits per heavy atom. The van der Waals surface area contributed by atoms with E-state index >= 15 is 0 Å². The van der Waals surface area contributed by atoms with Gasteiger partial charge in [-0.05, 0) is 37.8 Å². The van der Waals surface area contributed by atoms with Crippen LogP contribution in [0.3, 0.4) is 0 Å². The highest BCUT2D eigenvalue weighted by Crippen LogP contribution is 2.35. The van der Waals surface area contributed by atoms with E-state index in [1.165, 1.54) is 24.0 Å². The number of carbonyl (C=O) groups excluding carboxylic acids is 1. The van der Waals surface area contributed by atoms with Crippen LogP contribution in [0.5, 0.6) is 0 Å². The molecule has 0 aliphatic heterocycles. The SMILES string of the molecule is Cc1ccccc1[C@H](C)NC(=O)C1(CN)CCCCCC1. The number of amides is 1. The van der Waals surface area contributed by atoms with Crippen LogP contribution >= 0.6 is 0 Å². The third-order valence-electron chi connectivity index (χ3n) is 4.94. The smallest absolute Gasteiger partial charge is 0.227 e. The first kappa shape index (κ1) is 16.0.